The van der Waals surface area contributed by atoms with Gasteiger partial charge >= 0.3 is 6.01 Å². The summed E-state index contributed by atoms with van der Waals surface area (Å²) < 4.78 is 5.19. The molecule has 0 saturated carbocycles. The minimum atomic E-state index is 0.142. The molecule has 0 aliphatic carbocycles. The summed E-state index contributed by atoms with van der Waals surface area (Å²) in [7, 11) is 0. The Labute approximate surface area is 111 Å². The van der Waals surface area contributed by atoms with Crippen molar-refractivity contribution in [3.8, 4) is 6.01 Å². The van der Waals surface area contributed by atoms with Crippen molar-refractivity contribution < 1.29 is 4.74 Å². The Morgan fingerprint density at radius 2 is 2.18 bits per heavy atom. The number of halogens is 1. The number of thioether (sulfide) groups is 1. The van der Waals surface area contributed by atoms with E-state index in [4.69, 9.17) is 16.3 Å². The van der Waals surface area contributed by atoms with Crippen molar-refractivity contribution in [1.29, 1.82) is 0 Å². The molecule has 0 spiro atoms. The van der Waals surface area contributed by atoms with Gasteiger partial charge in [-0.05, 0) is 31.2 Å². The third-order valence-electron chi connectivity index (χ3n) is 2.10. The summed E-state index contributed by atoms with van der Waals surface area (Å²) in [5.41, 5.74) is 0. The Balaban J connectivity index is 2.52. The lowest BCUT2D eigenvalue weighted by atomic mass is 10.3. The van der Waals surface area contributed by atoms with Gasteiger partial charge in [-0.25, -0.2) is 0 Å². The maximum absolute atomic E-state index is 5.77. The van der Waals surface area contributed by atoms with Crippen LogP contribution in [0.15, 0.2) is 0 Å². The average Bonchev–Trinajstić information content (AvgIpc) is 2.28. The molecule has 96 valence electrons. The zero-order chi connectivity index (χ0) is 12.7. The second kappa shape index (κ2) is 7.55. The highest BCUT2D eigenvalue weighted by atomic mass is 35.5. The van der Waals surface area contributed by atoms with Crippen LogP contribution in [0.4, 0.5) is 5.95 Å². The average molecular weight is 277 g/mol. The van der Waals surface area contributed by atoms with Crippen LogP contribution < -0.4 is 10.1 Å². The molecule has 0 aromatic carbocycles. The predicted molar refractivity (Wildman–Crippen MR) is 72.1 cm³/mol. The number of nitrogens with one attached hydrogen (secondary N) is 1. The lowest BCUT2D eigenvalue weighted by molar-refractivity contribution is 0.312. The fourth-order valence-corrected chi connectivity index (χ4v) is 1.62. The van der Waals surface area contributed by atoms with Crippen LogP contribution in [-0.4, -0.2) is 39.6 Å². The molecule has 0 amide bonds. The quantitative estimate of drug-likeness (QED) is 0.826. The molecule has 1 N–H and O–H groups in total. The number of anilines is 1. The van der Waals surface area contributed by atoms with Crippen LogP contribution in [0, 0.1) is 0 Å². The molecule has 1 aromatic rings. The normalized spacial score (nSPS) is 12.2. The van der Waals surface area contributed by atoms with Gasteiger partial charge in [0, 0.05) is 11.8 Å². The Hall–Kier alpha value is -0.750. The van der Waals surface area contributed by atoms with Crippen LogP contribution in [0.2, 0.25) is 5.28 Å². The highest BCUT2D eigenvalue weighted by molar-refractivity contribution is 7.99. The van der Waals surface area contributed by atoms with Crippen molar-refractivity contribution >= 4 is 29.3 Å². The van der Waals surface area contributed by atoms with Gasteiger partial charge in [0.25, 0.3) is 0 Å². The molecule has 1 unspecified atom stereocenters. The second-order valence-electron chi connectivity index (χ2n) is 3.41. The van der Waals surface area contributed by atoms with E-state index in [-0.39, 0.29) is 11.3 Å². The highest BCUT2D eigenvalue weighted by Crippen LogP contribution is 2.13. The second-order valence-corrected chi connectivity index (χ2v) is 5.02. The number of nitrogens with zero attached hydrogens (tertiary/aromatic N) is 3. The van der Waals surface area contributed by atoms with Gasteiger partial charge in [0.15, 0.2) is 0 Å². The molecule has 0 fully saturated rings. The number of hydrogen-bond donors (Lipinski definition) is 1. The first-order chi connectivity index (χ1) is 8.15. The maximum Gasteiger partial charge on any atom is 0.322 e. The van der Waals surface area contributed by atoms with Gasteiger partial charge in [-0.3, -0.25) is 0 Å². The first-order valence-electron chi connectivity index (χ1n) is 5.46. The molecule has 1 atom stereocenters. The molecule has 0 saturated heterocycles. The smallest absolute Gasteiger partial charge is 0.322 e. The summed E-state index contributed by atoms with van der Waals surface area (Å²) >= 11 is 7.60. The van der Waals surface area contributed by atoms with E-state index >= 15 is 0 Å². The molecule has 0 radical (unpaired) electrons. The van der Waals surface area contributed by atoms with Gasteiger partial charge in [-0.1, -0.05) is 6.92 Å². The van der Waals surface area contributed by atoms with E-state index in [1.165, 1.54) is 0 Å². The minimum Gasteiger partial charge on any atom is -0.464 e. The van der Waals surface area contributed by atoms with E-state index < -0.39 is 0 Å². The van der Waals surface area contributed by atoms with Crippen LogP contribution >= 0.6 is 23.4 Å². The lowest BCUT2D eigenvalue weighted by Crippen LogP contribution is -2.11. The molecular weight excluding hydrogens is 260 g/mol. The first kappa shape index (κ1) is 14.3. The van der Waals surface area contributed by atoms with Crippen molar-refractivity contribution in [3.05, 3.63) is 5.28 Å². The van der Waals surface area contributed by atoms with Crippen LogP contribution in [0.25, 0.3) is 0 Å². The number of ether oxygens (including phenoxy) is 1. The fraction of sp³-hybridized carbons (Fsp3) is 0.700. The molecule has 17 heavy (non-hydrogen) atoms. The van der Waals surface area contributed by atoms with Crippen molar-refractivity contribution in [3.63, 3.8) is 0 Å². The third kappa shape index (κ3) is 5.41. The van der Waals surface area contributed by atoms with Gasteiger partial charge < -0.3 is 10.1 Å². The molecule has 5 nitrogen and oxygen atoms in total. The third-order valence-corrected chi connectivity index (χ3v) is 3.31. The topological polar surface area (TPSA) is 59.9 Å². The summed E-state index contributed by atoms with van der Waals surface area (Å²) in [4.78, 5) is 11.9. The molecule has 0 aliphatic rings. The summed E-state index contributed by atoms with van der Waals surface area (Å²) in [6, 6.07) is 0.257. The van der Waals surface area contributed by atoms with Crippen LogP contribution in [-0.2, 0) is 0 Å². The number of rotatable bonds is 7. The van der Waals surface area contributed by atoms with Crippen molar-refractivity contribution in [1.82, 2.24) is 15.0 Å². The van der Waals surface area contributed by atoms with Gasteiger partial charge in [-0.2, -0.15) is 26.7 Å². The number of aromatic nitrogens is 3. The van der Waals surface area contributed by atoms with Crippen LogP contribution in [0.1, 0.15) is 20.3 Å². The van der Waals surface area contributed by atoms with E-state index in [2.05, 4.69) is 33.4 Å². The molecule has 1 heterocycles. The fourth-order valence-electron chi connectivity index (χ4n) is 1.11. The zero-order valence-corrected chi connectivity index (χ0v) is 11.8. The summed E-state index contributed by atoms with van der Waals surface area (Å²) in [5, 5.41) is 3.85. The van der Waals surface area contributed by atoms with Gasteiger partial charge in [-0.15, -0.1) is 0 Å². The minimum absolute atomic E-state index is 0.142. The Morgan fingerprint density at radius 1 is 1.41 bits per heavy atom. The first-order valence-corrected chi connectivity index (χ1v) is 7.13. The van der Waals surface area contributed by atoms with E-state index in [9.17, 15) is 0 Å². The zero-order valence-electron chi connectivity index (χ0n) is 10.2. The van der Waals surface area contributed by atoms with Crippen molar-refractivity contribution in [2.45, 2.75) is 25.5 Å². The van der Waals surface area contributed by atoms with Gasteiger partial charge in [0.1, 0.15) is 0 Å². The lowest BCUT2D eigenvalue weighted by Gasteiger charge is -2.09. The monoisotopic (exact) mass is 276 g/mol. The maximum atomic E-state index is 5.77. The summed E-state index contributed by atoms with van der Waals surface area (Å²) in [6.07, 6.45) is 3.13. The van der Waals surface area contributed by atoms with Crippen molar-refractivity contribution in [2.24, 2.45) is 0 Å². The Morgan fingerprint density at radius 3 is 2.82 bits per heavy atom. The van der Waals surface area contributed by atoms with Gasteiger partial charge in [0.2, 0.25) is 11.2 Å². The SMILES string of the molecule is CCOc1nc(Cl)nc(NCCC(C)SC)n1. The van der Waals surface area contributed by atoms with E-state index in [0.717, 1.165) is 13.0 Å². The standard InChI is InChI=1S/C10H17ClN4OS/c1-4-16-10-14-8(11)13-9(15-10)12-6-5-7(2)17-3/h7H,4-6H2,1-3H3,(H,12,13,14,15). The van der Waals surface area contributed by atoms with Crippen LogP contribution in [0.5, 0.6) is 6.01 Å². The predicted octanol–water partition coefficient (Wildman–Crippen LogP) is 2.48. The largest absolute Gasteiger partial charge is 0.464 e. The molecule has 7 heteroatoms. The van der Waals surface area contributed by atoms with Crippen LogP contribution in [0.3, 0.4) is 0 Å². The van der Waals surface area contributed by atoms with E-state index in [1.807, 2.05) is 18.7 Å². The molecule has 1 aromatic heterocycles. The Bertz CT molecular complexity index is 353. The summed E-state index contributed by atoms with van der Waals surface area (Å²) in [6.45, 7) is 5.35. The highest BCUT2D eigenvalue weighted by Gasteiger charge is 2.06. The Kier molecular flexibility index (Phi) is 6.36. The van der Waals surface area contributed by atoms with Gasteiger partial charge in [0.05, 0.1) is 6.61 Å². The molecular formula is C10H17ClN4OS. The van der Waals surface area contributed by atoms with E-state index in [1.54, 1.807) is 0 Å². The van der Waals surface area contributed by atoms with Crippen molar-refractivity contribution in [2.75, 3.05) is 24.7 Å². The van der Waals surface area contributed by atoms with E-state index in [0.29, 0.717) is 17.8 Å². The summed E-state index contributed by atoms with van der Waals surface area (Å²) in [5.74, 6) is 0.460. The molecule has 1 rings (SSSR count). The number of hydrogen-bond acceptors (Lipinski definition) is 6. The molecule has 0 bridgehead atoms. The molecule has 0 aliphatic heterocycles.